The van der Waals surface area contributed by atoms with Crippen LogP contribution in [0.3, 0.4) is 0 Å². The van der Waals surface area contributed by atoms with Gasteiger partial charge in [0.05, 0.1) is 12.1 Å². The molecule has 106 valence electrons. The Morgan fingerprint density at radius 3 is 2.79 bits per heavy atom. The molecule has 0 aliphatic heterocycles. The molecule has 1 atom stereocenters. The van der Waals surface area contributed by atoms with Crippen molar-refractivity contribution in [2.45, 2.75) is 8.82 Å². The first-order chi connectivity index (χ1) is 8.77. The summed E-state index contributed by atoms with van der Waals surface area (Å²) in [6.45, 7) is -0.178. The van der Waals surface area contributed by atoms with E-state index >= 15 is 0 Å². The lowest BCUT2D eigenvalue weighted by atomic mass is 10.3. The zero-order valence-corrected chi connectivity index (χ0v) is 13.4. The largest absolute Gasteiger partial charge is 0.468 e. The minimum atomic E-state index is -3.98. The molecule has 0 saturated heterocycles. The molecule has 9 heteroatoms. The fourth-order valence-electron chi connectivity index (χ4n) is 1.15. The summed E-state index contributed by atoms with van der Waals surface area (Å²) in [4.78, 5) is 10.8. The van der Waals surface area contributed by atoms with E-state index in [1.165, 1.54) is 7.11 Å². The molecule has 1 aromatic carbocycles. The van der Waals surface area contributed by atoms with Crippen molar-refractivity contribution >= 4 is 50.2 Å². The van der Waals surface area contributed by atoms with E-state index in [2.05, 4.69) is 9.46 Å². The Morgan fingerprint density at radius 1 is 1.58 bits per heavy atom. The van der Waals surface area contributed by atoms with E-state index in [1.54, 1.807) is 22.6 Å². The van der Waals surface area contributed by atoms with Gasteiger partial charge in [-0.3, -0.25) is 4.79 Å². The highest BCUT2D eigenvalue weighted by Gasteiger charge is 2.22. The fourth-order valence-corrected chi connectivity index (χ4v) is 3.48. The maximum Gasteiger partial charge on any atom is 0.319 e. The number of hydrogen-bond acceptors (Lipinski definition) is 4. The van der Waals surface area contributed by atoms with Crippen LogP contribution in [0.4, 0.5) is 4.39 Å². The third-order valence-corrected chi connectivity index (χ3v) is 4.95. The molecule has 1 aromatic rings. The van der Waals surface area contributed by atoms with E-state index in [-0.39, 0.29) is 16.5 Å². The summed E-state index contributed by atoms with van der Waals surface area (Å²) in [5.74, 6) is -1.28. The van der Waals surface area contributed by atoms with Gasteiger partial charge < -0.3 is 4.74 Å². The maximum absolute atomic E-state index is 13.0. The molecule has 0 aromatic heterocycles. The van der Waals surface area contributed by atoms with Crippen LogP contribution in [-0.4, -0.2) is 32.0 Å². The Bertz CT molecular complexity index is 581. The van der Waals surface area contributed by atoms with Crippen molar-refractivity contribution in [3.8, 4) is 0 Å². The van der Waals surface area contributed by atoms with Crippen molar-refractivity contribution in [2.75, 3.05) is 13.7 Å². The van der Waals surface area contributed by atoms with Crippen LogP contribution in [0.15, 0.2) is 23.1 Å². The van der Waals surface area contributed by atoms with Gasteiger partial charge in [-0.05, 0) is 18.2 Å². The SMILES string of the molecule is COC(=O)C(I)CNS(=O)(=O)c1cc(F)ccc1Cl. The standard InChI is InChI=1S/C10H10ClFINO4S/c1-18-10(15)8(13)5-14-19(16,17)9-4-6(12)2-3-7(9)11/h2-4,8,14H,5H2,1H3. The Balaban J connectivity index is 2.87. The normalized spacial score (nSPS) is 13.1. The average Bonchev–Trinajstić information content (AvgIpc) is 2.37. The number of sulfonamides is 1. The monoisotopic (exact) mass is 421 g/mol. The third kappa shape index (κ3) is 4.55. The van der Waals surface area contributed by atoms with Crippen molar-refractivity contribution in [3.63, 3.8) is 0 Å². The summed E-state index contributed by atoms with van der Waals surface area (Å²) >= 11 is 7.44. The van der Waals surface area contributed by atoms with Crippen LogP contribution in [0.2, 0.25) is 5.02 Å². The molecular formula is C10H10ClFINO4S. The van der Waals surface area contributed by atoms with Gasteiger partial charge in [0.2, 0.25) is 10.0 Å². The van der Waals surface area contributed by atoms with Gasteiger partial charge in [0.15, 0.2) is 0 Å². The summed E-state index contributed by atoms with van der Waals surface area (Å²) < 4.78 is 42.8. The number of methoxy groups -OCH3 is 1. The van der Waals surface area contributed by atoms with Crippen molar-refractivity contribution in [3.05, 3.63) is 29.0 Å². The molecule has 0 spiro atoms. The molecule has 0 fully saturated rings. The predicted octanol–water partition coefficient (Wildman–Crippen LogP) is 1.73. The first-order valence-corrected chi connectivity index (χ1v) is 8.05. The molecule has 19 heavy (non-hydrogen) atoms. The number of carbonyl (C=O) groups excluding carboxylic acids is 1. The number of alkyl halides is 1. The molecule has 0 aliphatic rings. The zero-order chi connectivity index (χ0) is 14.6. The lowest BCUT2D eigenvalue weighted by Crippen LogP contribution is -2.34. The second-order valence-electron chi connectivity index (χ2n) is 3.42. The highest BCUT2D eigenvalue weighted by molar-refractivity contribution is 14.1. The molecule has 1 rings (SSSR count). The van der Waals surface area contributed by atoms with Gasteiger partial charge >= 0.3 is 5.97 Å². The molecule has 1 N–H and O–H groups in total. The highest BCUT2D eigenvalue weighted by atomic mass is 127. The topological polar surface area (TPSA) is 72.5 Å². The summed E-state index contributed by atoms with van der Waals surface area (Å²) in [7, 11) is -2.78. The molecule has 0 heterocycles. The first kappa shape index (κ1) is 16.6. The maximum atomic E-state index is 13.0. The Hall–Kier alpha value is -0.450. The number of ether oxygens (including phenoxy) is 1. The minimum Gasteiger partial charge on any atom is -0.468 e. The van der Waals surface area contributed by atoms with Gasteiger partial charge in [-0.15, -0.1) is 0 Å². The quantitative estimate of drug-likeness (QED) is 0.447. The van der Waals surface area contributed by atoms with Crippen LogP contribution >= 0.6 is 34.2 Å². The number of nitrogens with one attached hydrogen (secondary N) is 1. The van der Waals surface area contributed by atoms with E-state index in [1.807, 2.05) is 0 Å². The number of benzene rings is 1. The summed E-state index contributed by atoms with van der Waals surface area (Å²) in [5.41, 5.74) is 0. The van der Waals surface area contributed by atoms with E-state index < -0.39 is 25.7 Å². The number of esters is 1. The van der Waals surface area contributed by atoms with Gasteiger partial charge in [-0.25, -0.2) is 17.5 Å². The van der Waals surface area contributed by atoms with E-state index in [4.69, 9.17) is 11.6 Å². The third-order valence-electron chi connectivity index (χ3n) is 2.09. The Labute approximate surface area is 128 Å². The predicted molar refractivity (Wildman–Crippen MR) is 76.4 cm³/mol. The van der Waals surface area contributed by atoms with E-state index in [0.717, 1.165) is 18.2 Å². The van der Waals surface area contributed by atoms with Crippen LogP contribution < -0.4 is 4.72 Å². The second kappa shape index (κ2) is 6.82. The first-order valence-electron chi connectivity index (χ1n) is 4.94. The number of halogens is 3. The Morgan fingerprint density at radius 2 is 2.21 bits per heavy atom. The lowest BCUT2D eigenvalue weighted by molar-refractivity contribution is -0.139. The van der Waals surface area contributed by atoms with Crippen LogP contribution in [-0.2, 0) is 19.6 Å². The summed E-state index contributed by atoms with van der Waals surface area (Å²) in [6.07, 6.45) is 0. The molecule has 1 unspecified atom stereocenters. The van der Waals surface area contributed by atoms with Crippen molar-refractivity contribution in [1.29, 1.82) is 0 Å². The number of hydrogen-bond donors (Lipinski definition) is 1. The van der Waals surface area contributed by atoms with Gasteiger partial charge in [-0.1, -0.05) is 34.2 Å². The van der Waals surface area contributed by atoms with E-state index in [9.17, 15) is 17.6 Å². The van der Waals surface area contributed by atoms with Crippen LogP contribution in [0, 0.1) is 5.82 Å². The second-order valence-corrected chi connectivity index (χ2v) is 7.06. The summed E-state index contributed by atoms with van der Waals surface area (Å²) in [5, 5.41) is -0.100. The molecule has 0 radical (unpaired) electrons. The smallest absolute Gasteiger partial charge is 0.319 e. The highest BCUT2D eigenvalue weighted by Crippen LogP contribution is 2.22. The van der Waals surface area contributed by atoms with Gasteiger partial charge in [-0.2, -0.15) is 0 Å². The van der Waals surface area contributed by atoms with Gasteiger partial charge in [0.1, 0.15) is 14.6 Å². The Kier molecular flexibility index (Phi) is 5.96. The van der Waals surface area contributed by atoms with Crippen molar-refractivity contribution in [2.24, 2.45) is 0 Å². The van der Waals surface area contributed by atoms with E-state index in [0.29, 0.717) is 0 Å². The number of carbonyl (C=O) groups is 1. The van der Waals surface area contributed by atoms with Crippen LogP contribution in [0.1, 0.15) is 0 Å². The van der Waals surface area contributed by atoms with Crippen LogP contribution in [0.25, 0.3) is 0 Å². The molecule has 0 saturated carbocycles. The van der Waals surface area contributed by atoms with Crippen LogP contribution in [0.5, 0.6) is 0 Å². The molecule has 5 nitrogen and oxygen atoms in total. The van der Waals surface area contributed by atoms with Gasteiger partial charge in [0, 0.05) is 6.54 Å². The minimum absolute atomic E-state index is 0.100. The molecule has 0 amide bonds. The fraction of sp³-hybridized carbons (Fsp3) is 0.300. The van der Waals surface area contributed by atoms with Crippen molar-refractivity contribution in [1.82, 2.24) is 4.72 Å². The molecular weight excluding hydrogens is 412 g/mol. The molecule has 0 aliphatic carbocycles. The average molecular weight is 422 g/mol. The molecule has 0 bridgehead atoms. The number of rotatable bonds is 5. The summed E-state index contributed by atoms with van der Waals surface area (Å²) in [6, 6.07) is 3.01. The van der Waals surface area contributed by atoms with Crippen molar-refractivity contribution < 1.29 is 22.3 Å². The van der Waals surface area contributed by atoms with Gasteiger partial charge in [0.25, 0.3) is 0 Å². The zero-order valence-electron chi connectivity index (χ0n) is 9.69. The lowest BCUT2D eigenvalue weighted by Gasteiger charge is -2.11.